The van der Waals surface area contributed by atoms with Crippen LogP contribution in [0.4, 0.5) is 5.69 Å². The van der Waals surface area contributed by atoms with E-state index in [9.17, 15) is 9.59 Å². The molecule has 1 aliphatic carbocycles. The lowest BCUT2D eigenvalue weighted by molar-refractivity contribution is -0.136. The van der Waals surface area contributed by atoms with Gasteiger partial charge in [-0.05, 0) is 53.7 Å². The van der Waals surface area contributed by atoms with Gasteiger partial charge in [0.05, 0.1) is 11.6 Å². The summed E-state index contributed by atoms with van der Waals surface area (Å²) in [5, 5.41) is 0. The monoisotopic (exact) mass is 364 g/mol. The number of carbonyl (C=O) groups is 2. The van der Waals surface area contributed by atoms with E-state index in [1.54, 1.807) is 4.90 Å². The number of halogens is 1. The Kier molecular flexibility index (Phi) is 4.26. The van der Waals surface area contributed by atoms with Gasteiger partial charge in [0.15, 0.2) is 0 Å². The summed E-state index contributed by atoms with van der Waals surface area (Å²) in [6, 6.07) is 7.93. The van der Waals surface area contributed by atoms with Gasteiger partial charge in [0.25, 0.3) is 0 Å². The molecule has 2 fully saturated rings. The lowest BCUT2D eigenvalue weighted by Gasteiger charge is -2.27. The topological polar surface area (TPSA) is 40.6 Å². The van der Waals surface area contributed by atoms with Gasteiger partial charge in [0.1, 0.15) is 0 Å². The van der Waals surface area contributed by atoms with Crippen molar-refractivity contribution in [3.05, 3.63) is 28.7 Å². The maximum Gasteiger partial charge on any atom is 0.228 e. The summed E-state index contributed by atoms with van der Waals surface area (Å²) >= 11 is 3.48. The first-order chi connectivity index (χ1) is 10.5. The van der Waals surface area contributed by atoms with Gasteiger partial charge in [-0.3, -0.25) is 9.59 Å². The van der Waals surface area contributed by atoms with Crippen LogP contribution in [0.25, 0.3) is 0 Å². The van der Waals surface area contributed by atoms with E-state index < -0.39 is 0 Å². The van der Waals surface area contributed by atoms with E-state index in [4.69, 9.17) is 0 Å². The molecule has 0 aromatic heterocycles. The summed E-state index contributed by atoms with van der Waals surface area (Å²) < 4.78 is 0.885. The van der Waals surface area contributed by atoms with Crippen molar-refractivity contribution < 1.29 is 9.59 Å². The quantitative estimate of drug-likeness (QED) is 0.823. The van der Waals surface area contributed by atoms with Crippen LogP contribution in [0.3, 0.4) is 0 Å². The molecule has 1 aromatic carbocycles. The average Bonchev–Trinajstić information content (AvgIpc) is 3.29. The summed E-state index contributed by atoms with van der Waals surface area (Å²) in [4.78, 5) is 28.5. The minimum atomic E-state index is -0.231. The number of hydrogen-bond donors (Lipinski definition) is 0. The lowest BCUT2D eigenvalue weighted by atomic mass is 10.1. The molecule has 2 atom stereocenters. The van der Waals surface area contributed by atoms with Crippen LogP contribution in [0.1, 0.15) is 26.2 Å². The van der Waals surface area contributed by atoms with Crippen LogP contribution in [0, 0.1) is 11.8 Å². The molecule has 1 heterocycles. The number of benzene rings is 1. The van der Waals surface area contributed by atoms with Crippen molar-refractivity contribution in [2.24, 2.45) is 11.8 Å². The lowest BCUT2D eigenvalue weighted by Crippen LogP contribution is -2.41. The highest BCUT2D eigenvalue weighted by atomic mass is 79.9. The molecule has 2 unspecified atom stereocenters. The van der Waals surface area contributed by atoms with Crippen LogP contribution < -0.4 is 4.90 Å². The molecular formula is C17H21BrN2O2. The van der Waals surface area contributed by atoms with E-state index in [0.717, 1.165) is 10.2 Å². The second-order valence-corrected chi connectivity index (χ2v) is 7.24. The third kappa shape index (κ3) is 2.91. The molecule has 0 bridgehead atoms. The van der Waals surface area contributed by atoms with Crippen LogP contribution in [0.5, 0.6) is 0 Å². The number of anilines is 1. The third-order valence-electron chi connectivity index (χ3n) is 4.88. The highest BCUT2D eigenvalue weighted by Gasteiger charge is 2.40. The first-order valence-corrected chi connectivity index (χ1v) is 8.60. The van der Waals surface area contributed by atoms with Gasteiger partial charge in [-0.15, -0.1) is 0 Å². The van der Waals surface area contributed by atoms with Crippen LogP contribution >= 0.6 is 15.9 Å². The van der Waals surface area contributed by atoms with Crippen molar-refractivity contribution in [3.63, 3.8) is 0 Å². The molecule has 0 radical (unpaired) electrons. The van der Waals surface area contributed by atoms with Crippen molar-refractivity contribution in [2.45, 2.75) is 32.2 Å². The van der Waals surface area contributed by atoms with E-state index in [2.05, 4.69) is 22.9 Å². The number of amides is 2. The summed E-state index contributed by atoms with van der Waals surface area (Å²) in [6.45, 7) is 2.58. The molecule has 22 heavy (non-hydrogen) atoms. The number of rotatable bonds is 4. The first kappa shape index (κ1) is 15.5. The molecule has 3 rings (SSSR count). The zero-order valence-corrected chi connectivity index (χ0v) is 14.5. The highest BCUT2D eigenvalue weighted by Crippen LogP contribution is 2.36. The fraction of sp³-hybridized carbons (Fsp3) is 0.529. The molecule has 1 saturated carbocycles. The normalized spacial score (nSPS) is 22.8. The SMILES string of the molecule is CC(C1CC1)N(C)C(=O)C1CC(=O)N(c2ccccc2Br)C1. The Balaban J connectivity index is 1.71. The van der Waals surface area contributed by atoms with Crippen molar-refractivity contribution in [3.8, 4) is 0 Å². The Labute approximate surface area is 139 Å². The molecule has 2 amide bonds. The first-order valence-electron chi connectivity index (χ1n) is 7.80. The van der Waals surface area contributed by atoms with Crippen LogP contribution in [0.15, 0.2) is 28.7 Å². The van der Waals surface area contributed by atoms with E-state index in [0.29, 0.717) is 18.9 Å². The molecule has 118 valence electrons. The Morgan fingerprint density at radius 1 is 1.36 bits per heavy atom. The van der Waals surface area contributed by atoms with Gasteiger partial charge < -0.3 is 9.80 Å². The van der Waals surface area contributed by atoms with E-state index >= 15 is 0 Å². The van der Waals surface area contributed by atoms with E-state index in [1.165, 1.54) is 12.8 Å². The van der Waals surface area contributed by atoms with Gasteiger partial charge in [0.2, 0.25) is 11.8 Å². The van der Waals surface area contributed by atoms with Crippen LogP contribution in [-0.2, 0) is 9.59 Å². The predicted molar refractivity (Wildman–Crippen MR) is 89.6 cm³/mol. The summed E-state index contributed by atoms with van der Waals surface area (Å²) in [5.74, 6) is 0.538. The Morgan fingerprint density at radius 2 is 2.05 bits per heavy atom. The van der Waals surface area contributed by atoms with Crippen molar-refractivity contribution in [1.29, 1.82) is 0 Å². The van der Waals surface area contributed by atoms with E-state index in [1.807, 2.05) is 36.2 Å². The van der Waals surface area contributed by atoms with Gasteiger partial charge in [-0.25, -0.2) is 0 Å². The molecule has 0 N–H and O–H groups in total. The van der Waals surface area contributed by atoms with Crippen LogP contribution in [-0.4, -0.2) is 36.3 Å². The smallest absolute Gasteiger partial charge is 0.228 e. The maximum atomic E-state index is 12.7. The fourth-order valence-corrected chi connectivity index (χ4v) is 3.66. The van der Waals surface area contributed by atoms with Gasteiger partial charge >= 0.3 is 0 Å². The number of para-hydroxylation sites is 1. The van der Waals surface area contributed by atoms with Gasteiger partial charge in [-0.2, -0.15) is 0 Å². The van der Waals surface area contributed by atoms with Crippen LogP contribution in [0.2, 0.25) is 0 Å². The van der Waals surface area contributed by atoms with E-state index in [-0.39, 0.29) is 23.8 Å². The Hall–Kier alpha value is -1.36. The number of nitrogens with zero attached hydrogens (tertiary/aromatic N) is 2. The second-order valence-electron chi connectivity index (χ2n) is 6.38. The average molecular weight is 365 g/mol. The number of hydrogen-bond acceptors (Lipinski definition) is 2. The largest absolute Gasteiger partial charge is 0.342 e. The molecule has 1 saturated heterocycles. The summed E-state index contributed by atoms with van der Waals surface area (Å²) in [7, 11) is 1.87. The molecule has 2 aliphatic rings. The summed E-state index contributed by atoms with van der Waals surface area (Å²) in [5.41, 5.74) is 0.848. The zero-order valence-electron chi connectivity index (χ0n) is 13.0. The van der Waals surface area contributed by atoms with Gasteiger partial charge in [0, 0.05) is 30.5 Å². The molecule has 4 nitrogen and oxygen atoms in total. The zero-order chi connectivity index (χ0) is 15.9. The van der Waals surface area contributed by atoms with Crippen molar-refractivity contribution >= 4 is 33.4 Å². The third-order valence-corrected chi connectivity index (χ3v) is 5.55. The molecule has 1 aromatic rings. The maximum absolute atomic E-state index is 12.7. The Morgan fingerprint density at radius 3 is 2.68 bits per heavy atom. The van der Waals surface area contributed by atoms with Crippen molar-refractivity contribution in [2.75, 3.05) is 18.5 Å². The molecular weight excluding hydrogens is 344 g/mol. The number of carbonyl (C=O) groups excluding carboxylic acids is 2. The molecule has 0 spiro atoms. The summed E-state index contributed by atoms with van der Waals surface area (Å²) in [6.07, 6.45) is 2.73. The molecule has 1 aliphatic heterocycles. The minimum Gasteiger partial charge on any atom is -0.342 e. The van der Waals surface area contributed by atoms with Gasteiger partial charge in [-0.1, -0.05) is 12.1 Å². The van der Waals surface area contributed by atoms with Crippen molar-refractivity contribution in [1.82, 2.24) is 4.90 Å². The second kappa shape index (κ2) is 6.03. The standard InChI is InChI=1S/C17H21BrN2O2/c1-11(12-7-8-12)19(2)17(22)13-9-16(21)20(10-13)15-6-4-3-5-14(15)18/h3-6,11-13H,7-10H2,1-2H3. The Bertz CT molecular complexity index is 600. The predicted octanol–water partition coefficient (Wildman–Crippen LogP) is 3.06. The minimum absolute atomic E-state index is 0.0257. The molecule has 5 heteroatoms. The fourth-order valence-electron chi connectivity index (χ4n) is 3.16. The highest BCUT2D eigenvalue weighted by molar-refractivity contribution is 9.10.